The number of aromatic amines is 1. The van der Waals surface area contributed by atoms with Gasteiger partial charge < -0.3 is 5.32 Å². The van der Waals surface area contributed by atoms with Gasteiger partial charge in [-0.2, -0.15) is 5.10 Å². The highest BCUT2D eigenvalue weighted by molar-refractivity contribution is 7.09. The van der Waals surface area contributed by atoms with Crippen molar-refractivity contribution in [3.05, 3.63) is 39.8 Å². The highest BCUT2D eigenvalue weighted by Gasteiger charge is 2.09. The molecule has 0 radical (unpaired) electrons. The highest BCUT2D eigenvalue weighted by atomic mass is 32.1. The minimum atomic E-state index is -0.0883. The Morgan fingerprint density at radius 2 is 2.53 bits per heavy atom. The fourth-order valence-electron chi connectivity index (χ4n) is 1.26. The summed E-state index contributed by atoms with van der Waals surface area (Å²) < 4.78 is 0. The van der Waals surface area contributed by atoms with Gasteiger partial charge in [0.1, 0.15) is 0 Å². The van der Waals surface area contributed by atoms with Crippen LogP contribution in [0.3, 0.4) is 0 Å². The number of thiophene rings is 1. The van der Waals surface area contributed by atoms with Crippen molar-refractivity contribution < 1.29 is 4.79 Å². The second-order valence-electron chi connectivity index (χ2n) is 3.17. The number of rotatable bonds is 3. The van der Waals surface area contributed by atoms with Crippen LogP contribution in [0.1, 0.15) is 20.9 Å². The molecule has 2 N–H and O–H groups in total. The fourth-order valence-corrected chi connectivity index (χ4v) is 1.90. The SMILES string of the molecule is Cc1[nH]ncc1C(=O)NCc1cccs1. The molecule has 0 aromatic carbocycles. The van der Waals surface area contributed by atoms with E-state index in [-0.39, 0.29) is 5.91 Å². The molecule has 0 atom stereocenters. The van der Waals surface area contributed by atoms with Crippen LogP contribution in [0, 0.1) is 6.92 Å². The van der Waals surface area contributed by atoms with Crippen LogP contribution in [-0.4, -0.2) is 16.1 Å². The second kappa shape index (κ2) is 4.27. The van der Waals surface area contributed by atoms with Crippen molar-refractivity contribution in [3.8, 4) is 0 Å². The molecule has 5 heteroatoms. The number of carbonyl (C=O) groups excluding carboxylic acids is 1. The third-order valence-electron chi connectivity index (χ3n) is 2.08. The average molecular weight is 221 g/mol. The molecule has 0 saturated carbocycles. The van der Waals surface area contributed by atoms with Gasteiger partial charge in [-0.05, 0) is 18.4 Å². The van der Waals surface area contributed by atoms with Gasteiger partial charge in [0.2, 0.25) is 0 Å². The zero-order valence-corrected chi connectivity index (χ0v) is 9.10. The van der Waals surface area contributed by atoms with Gasteiger partial charge in [0.05, 0.1) is 18.3 Å². The molecule has 0 fully saturated rings. The minimum Gasteiger partial charge on any atom is -0.347 e. The number of nitrogens with zero attached hydrogens (tertiary/aromatic N) is 1. The molecule has 4 nitrogen and oxygen atoms in total. The van der Waals surface area contributed by atoms with Crippen molar-refractivity contribution in [1.82, 2.24) is 15.5 Å². The fraction of sp³-hybridized carbons (Fsp3) is 0.200. The molecule has 0 spiro atoms. The molecule has 15 heavy (non-hydrogen) atoms. The van der Waals surface area contributed by atoms with E-state index in [2.05, 4.69) is 15.5 Å². The molecule has 0 unspecified atom stereocenters. The lowest BCUT2D eigenvalue weighted by Gasteiger charge is -2.01. The lowest BCUT2D eigenvalue weighted by Crippen LogP contribution is -2.22. The first-order valence-corrected chi connectivity index (χ1v) is 5.46. The smallest absolute Gasteiger partial charge is 0.255 e. The van der Waals surface area contributed by atoms with Gasteiger partial charge >= 0.3 is 0 Å². The van der Waals surface area contributed by atoms with Crippen molar-refractivity contribution in [2.24, 2.45) is 0 Å². The van der Waals surface area contributed by atoms with E-state index in [1.54, 1.807) is 17.5 Å². The van der Waals surface area contributed by atoms with Gasteiger partial charge in [0.25, 0.3) is 5.91 Å². The third-order valence-corrected chi connectivity index (χ3v) is 2.95. The average Bonchev–Trinajstić information content (AvgIpc) is 2.84. The molecule has 2 aromatic heterocycles. The van der Waals surface area contributed by atoms with Gasteiger partial charge in [0.15, 0.2) is 0 Å². The van der Waals surface area contributed by atoms with E-state index in [1.807, 2.05) is 24.4 Å². The van der Waals surface area contributed by atoms with Crippen LogP contribution in [0.2, 0.25) is 0 Å². The number of hydrogen-bond acceptors (Lipinski definition) is 3. The van der Waals surface area contributed by atoms with E-state index >= 15 is 0 Å². The Hall–Kier alpha value is -1.62. The van der Waals surface area contributed by atoms with Crippen molar-refractivity contribution in [3.63, 3.8) is 0 Å². The summed E-state index contributed by atoms with van der Waals surface area (Å²) in [4.78, 5) is 12.8. The summed E-state index contributed by atoms with van der Waals surface area (Å²) in [7, 11) is 0. The Morgan fingerprint density at radius 1 is 1.67 bits per heavy atom. The largest absolute Gasteiger partial charge is 0.347 e. The summed E-state index contributed by atoms with van der Waals surface area (Å²) in [6, 6.07) is 3.96. The van der Waals surface area contributed by atoms with Crippen molar-refractivity contribution in [2.75, 3.05) is 0 Å². The van der Waals surface area contributed by atoms with Gasteiger partial charge in [0, 0.05) is 10.6 Å². The topological polar surface area (TPSA) is 57.8 Å². The van der Waals surface area contributed by atoms with Crippen LogP contribution in [0.5, 0.6) is 0 Å². The quantitative estimate of drug-likeness (QED) is 0.829. The molecule has 1 amide bonds. The summed E-state index contributed by atoms with van der Waals surface area (Å²) in [5, 5.41) is 11.4. The summed E-state index contributed by atoms with van der Waals surface area (Å²) in [5.74, 6) is -0.0883. The molecule has 0 aliphatic rings. The maximum absolute atomic E-state index is 11.7. The lowest BCUT2D eigenvalue weighted by atomic mass is 10.2. The zero-order chi connectivity index (χ0) is 10.7. The molecular formula is C10H11N3OS. The first kappa shape index (κ1) is 9.92. The molecule has 78 valence electrons. The summed E-state index contributed by atoms with van der Waals surface area (Å²) in [5.41, 5.74) is 1.39. The normalized spacial score (nSPS) is 10.2. The van der Waals surface area contributed by atoms with E-state index in [0.717, 1.165) is 10.6 Å². The number of amides is 1. The molecule has 2 heterocycles. The van der Waals surface area contributed by atoms with Gasteiger partial charge in [-0.25, -0.2) is 0 Å². The lowest BCUT2D eigenvalue weighted by molar-refractivity contribution is 0.0951. The van der Waals surface area contributed by atoms with Crippen LogP contribution >= 0.6 is 11.3 Å². The summed E-state index contributed by atoms with van der Waals surface area (Å²) in [6.07, 6.45) is 1.54. The predicted octanol–water partition coefficient (Wildman–Crippen LogP) is 1.71. The van der Waals surface area contributed by atoms with Crippen LogP contribution < -0.4 is 5.32 Å². The minimum absolute atomic E-state index is 0.0883. The Labute approximate surface area is 91.3 Å². The maximum Gasteiger partial charge on any atom is 0.255 e. The molecular weight excluding hydrogens is 210 g/mol. The van der Waals surface area contributed by atoms with E-state index < -0.39 is 0 Å². The van der Waals surface area contributed by atoms with Crippen molar-refractivity contribution in [2.45, 2.75) is 13.5 Å². The van der Waals surface area contributed by atoms with E-state index in [0.29, 0.717) is 12.1 Å². The molecule has 0 aliphatic heterocycles. The van der Waals surface area contributed by atoms with Crippen molar-refractivity contribution >= 4 is 17.2 Å². The standard InChI is InChI=1S/C10H11N3OS/c1-7-9(6-12-13-7)10(14)11-5-8-3-2-4-15-8/h2-4,6H,5H2,1H3,(H,11,14)(H,12,13). The summed E-state index contributed by atoms with van der Waals surface area (Å²) in [6.45, 7) is 2.40. The van der Waals surface area contributed by atoms with Crippen LogP contribution in [0.15, 0.2) is 23.7 Å². The first-order chi connectivity index (χ1) is 7.27. The van der Waals surface area contributed by atoms with Gasteiger partial charge in [-0.3, -0.25) is 9.89 Å². The number of aryl methyl sites for hydroxylation is 1. The van der Waals surface area contributed by atoms with E-state index in [4.69, 9.17) is 0 Å². The molecule has 0 saturated heterocycles. The van der Waals surface area contributed by atoms with Crippen molar-refractivity contribution in [1.29, 1.82) is 0 Å². The molecule has 2 rings (SSSR count). The second-order valence-corrected chi connectivity index (χ2v) is 4.20. The van der Waals surface area contributed by atoms with Crippen LogP contribution in [0.4, 0.5) is 0 Å². The number of nitrogens with one attached hydrogen (secondary N) is 2. The van der Waals surface area contributed by atoms with E-state index in [1.165, 1.54) is 0 Å². The number of carbonyl (C=O) groups is 1. The third kappa shape index (κ3) is 2.24. The highest BCUT2D eigenvalue weighted by Crippen LogP contribution is 2.08. The Morgan fingerprint density at radius 3 is 3.13 bits per heavy atom. The molecule has 0 aliphatic carbocycles. The van der Waals surface area contributed by atoms with Gasteiger partial charge in [-0.1, -0.05) is 6.07 Å². The monoisotopic (exact) mass is 221 g/mol. The van der Waals surface area contributed by atoms with Crippen LogP contribution in [-0.2, 0) is 6.54 Å². The molecule has 2 aromatic rings. The Kier molecular flexibility index (Phi) is 2.82. The van der Waals surface area contributed by atoms with Gasteiger partial charge in [-0.15, -0.1) is 11.3 Å². The molecule has 0 bridgehead atoms. The van der Waals surface area contributed by atoms with E-state index in [9.17, 15) is 4.79 Å². The zero-order valence-electron chi connectivity index (χ0n) is 8.28. The predicted molar refractivity (Wildman–Crippen MR) is 58.8 cm³/mol. The number of hydrogen-bond donors (Lipinski definition) is 2. The Balaban J connectivity index is 1.96. The number of H-pyrrole nitrogens is 1. The number of aromatic nitrogens is 2. The summed E-state index contributed by atoms with van der Waals surface area (Å²) >= 11 is 1.63. The Bertz CT molecular complexity index is 447. The maximum atomic E-state index is 11.7. The van der Waals surface area contributed by atoms with Crippen LogP contribution in [0.25, 0.3) is 0 Å². The first-order valence-electron chi connectivity index (χ1n) is 4.58.